The number of rotatable bonds is 3. The molecule has 4 rings (SSSR count). The van der Waals surface area contributed by atoms with E-state index in [0.29, 0.717) is 0 Å². The fourth-order valence-electron chi connectivity index (χ4n) is 4.56. The summed E-state index contributed by atoms with van der Waals surface area (Å²) >= 11 is 1.87. The minimum Gasteiger partial charge on any atom is -0.305 e. The number of allylic oxidation sites excluding steroid dienone is 1. The first-order valence-corrected chi connectivity index (χ1v) is 9.34. The molecule has 0 unspecified atom stereocenters. The van der Waals surface area contributed by atoms with Crippen molar-refractivity contribution in [2.75, 3.05) is 20.6 Å². The maximum absolute atomic E-state index is 2.46. The van der Waals surface area contributed by atoms with Gasteiger partial charge < -0.3 is 4.90 Å². The molecular formula is C20H25NS. The Labute approximate surface area is 137 Å². The Morgan fingerprint density at radius 2 is 2.09 bits per heavy atom. The van der Waals surface area contributed by atoms with Crippen molar-refractivity contribution < 1.29 is 0 Å². The zero-order valence-corrected chi connectivity index (χ0v) is 14.7. The SMILES string of the molecule is Cc1csc2ccc(C3=C(CN(C)C)C[C@H]4CC[C@H]3C4)cc12. The second-order valence-electron chi connectivity index (χ2n) is 7.46. The first-order chi connectivity index (χ1) is 10.6. The van der Waals surface area contributed by atoms with Gasteiger partial charge in [0.1, 0.15) is 0 Å². The van der Waals surface area contributed by atoms with Crippen molar-refractivity contribution in [3.8, 4) is 0 Å². The number of aryl methyl sites for hydroxylation is 1. The van der Waals surface area contributed by atoms with Crippen LogP contribution < -0.4 is 0 Å². The third-order valence-electron chi connectivity index (χ3n) is 5.45. The summed E-state index contributed by atoms with van der Waals surface area (Å²) in [6, 6.07) is 7.18. The number of fused-ring (bicyclic) bond motifs is 3. The zero-order chi connectivity index (χ0) is 15.3. The molecule has 0 spiro atoms. The van der Waals surface area contributed by atoms with Crippen molar-refractivity contribution in [3.05, 3.63) is 40.3 Å². The van der Waals surface area contributed by atoms with E-state index in [1.165, 1.54) is 46.9 Å². The summed E-state index contributed by atoms with van der Waals surface area (Å²) in [4.78, 5) is 2.34. The molecule has 1 aromatic carbocycles. The predicted octanol–water partition coefficient (Wildman–Crippen LogP) is 5.34. The van der Waals surface area contributed by atoms with Gasteiger partial charge in [0.15, 0.2) is 0 Å². The number of hydrogen-bond donors (Lipinski definition) is 0. The highest BCUT2D eigenvalue weighted by Gasteiger charge is 2.35. The van der Waals surface area contributed by atoms with Gasteiger partial charge in [-0.25, -0.2) is 0 Å². The monoisotopic (exact) mass is 311 g/mol. The lowest BCUT2D eigenvalue weighted by Gasteiger charge is -2.29. The highest BCUT2D eigenvalue weighted by atomic mass is 32.1. The summed E-state index contributed by atoms with van der Waals surface area (Å²) in [5, 5.41) is 3.75. The number of nitrogens with zero attached hydrogens (tertiary/aromatic N) is 1. The second kappa shape index (κ2) is 5.50. The highest BCUT2D eigenvalue weighted by Crippen LogP contribution is 2.49. The maximum atomic E-state index is 2.46. The maximum Gasteiger partial charge on any atom is 0.0345 e. The molecule has 116 valence electrons. The first kappa shape index (κ1) is 14.5. The largest absolute Gasteiger partial charge is 0.305 e. The fraction of sp³-hybridized carbons (Fsp3) is 0.500. The normalized spacial score (nSPS) is 24.7. The van der Waals surface area contributed by atoms with Gasteiger partial charge in [0.05, 0.1) is 0 Å². The van der Waals surface area contributed by atoms with Gasteiger partial charge in [0.25, 0.3) is 0 Å². The first-order valence-electron chi connectivity index (χ1n) is 8.46. The predicted molar refractivity (Wildman–Crippen MR) is 97.5 cm³/mol. The topological polar surface area (TPSA) is 3.24 Å². The highest BCUT2D eigenvalue weighted by molar-refractivity contribution is 7.17. The van der Waals surface area contributed by atoms with E-state index in [9.17, 15) is 0 Å². The van der Waals surface area contributed by atoms with E-state index in [1.807, 2.05) is 11.3 Å². The molecule has 0 amide bonds. The second-order valence-corrected chi connectivity index (χ2v) is 8.38. The molecule has 2 aliphatic rings. The van der Waals surface area contributed by atoms with Crippen LogP contribution in [0.2, 0.25) is 0 Å². The molecule has 1 heterocycles. The van der Waals surface area contributed by atoms with Gasteiger partial charge in [0.2, 0.25) is 0 Å². The third-order valence-corrected chi connectivity index (χ3v) is 6.53. The number of benzene rings is 1. The lowest BCUT2D eigenvalue weighted by Crippen LogP contribution is -2.21. The van der Waals surface area contributed by atoms with Crippen LogP contribution in [0.3, 0.4) is 0 Å². The Bertz CT molecular complexity index is 737. The van der Waals surface area contributed by atoms with Crippen molar-refractivity contribution in [1.29, 1.82) is 0 Å². The molecule has 0 saturated heterocycles. The average molecular weight is 311 g/mol. The molecular weight excluding hydrogens is 286 g/mol. The molecule has 0 aliphatic heterocycles. The average Bonchev–Trinajstić information content (AvgIpc) is 3.03. The van der Waals surface area contributed by atoms with Crippen LogP contribution in [-0.2, 0) is 0 Å². The quantitative estimate of drug-likeness (QED) is 0.739. The molecule has 0 radical (unpaired) electrons. The molecule has 1 saturated carbocycles. The van der Waals surface area contributed by atoms with E-state index in [0.717, 1.165) is 18.4 Å². The van der Waals surface area contributed by atoms with Crippen LogP contribution >= 0.6 is 11.3 Å². The summed E-state index contributed by atoms with van der Waals surface area (Å²) in [6.07, 6.45) is 5.58. The molecule has 2 heteroatoms. The molecule has 0 N–H and O–H groups in total. The number of hydrogen-bond acceptors (Lipinski definition) is 2. The van der Waals surface area contributed by atoms with Gasteiger partial charge in [-0.15, -0.1) is 11.3 Å². The van der Waals surface area contributed by atoms with E-state index in [2.05, 4.69) is 49.5 Å². The van der Waals surface area contributed by atoms with Gasteiger partial charge in [-0.1, -0.05) is 11.6 Å². The molecule has 22 heavy (non-hydrogen) atoms. The van der Waals surface area contributed by atoms with Crippen molar-refractivity contribution in [1.82, 2.24) is 4.90 Å². The van der Waals surface area contributed by atoms with Gasteiger partial charge in [-0.2, -0.15) is 0 Å². The van der Waals surface area contributed by atoms with Crippen LogP contribution in [0, 0.1) is 18.8 Å². The minimum atomic E-state index is 0.810. The fourth-order valence-corrected chi connectivity index (χ4v) is 5.49. The molecule has 2 aliphatic carbocycles. The Hall–Kier alpha value is -1.12. The molecule has 2 aromatic rings. The molecule has 1 fully saturated rings. The standard InChI is InChI=1S/C20H25NS/c1-13-12-22-19-7-6-16(10-18(13)19)20-15-5-4-14(8-15)9-17(20)11-21(2)3/h6-7,10,12,14-15H,4-5,8-9,11H2,1-3H3/t14-,15-/m0/s1. The van der Waals surface area contributed by atoms with Crippen LogP contribution in [0.4, 0.5) is 0 Å². The van der Waals surface area contributed by atoms with Crippen molar-refractivity contribution >= 4 is 27.0 Å². The third kappa shape index (κ3) is 2.43. The summed E-state index contributed by atoms with van der Waals surface area (Å²) in [6.45, 7) is 3.37. The molecule has 1 aromatic heterocycles. The van der Waals surface area contributed by atoms with Crippen molar-refractivity contribution in [2.24, 2.45) is 11.8 Å². The smallest absolute Gasteiger partial charge is 0.0345 e. The van der Waals surface area contributed by atoms with Crippen LogP contribution in [-0.4, -0.2) is 25.5 Å². The number of thiophene rings is 1. The lowest BCUT2D eigenvalue weighted by molar-refractivity contribution is 0.413. The van der Waals surface area contributed by atoms with Gasteiger partial charge in [-0.3, -0.25) is 0 Å². The van der Waals surface area contributed by atoms with Crippen LogP contribution in [0.1, 0.15) is 36.8 Å². The molecule has 2 bridgehead atoms. The van der Waals surface area contributed by atoms with E-state index in [1.54, 1.807) is 11.1 Å². The van der Waals surface area contributed by atoms with E-state index in [4.69, 9.17) is 0 Å². The molecule has 2 atom stereocenters. The van der Waals surface area contributed by atoms with Crippen LogP contribution in [0.25, 0.3) is 15.7 Å². The zero-order valence-electron chi connectivity index (χ0n) is 13.9. The van der Waals surface area contributed by atoms with Gasteiger partial charge in [-0.05, 0) is 98.1 Å². The van der Waals surface area contributed by atoms with E-state index < -0.39 is 0 Å². The summed E-state index contributed by atoms with van der Waals surface area (Å²) in [7, 11) is 4.40. The van der Waals surface area contributed by atoms with Crippen LogP contribution in [0.15, 0.2) is 29.2 Å². The van der Waals surface area contributed by atoms with Gasteiger partial charge in [0, 0.05) is 11.2 Å². The summed E-state index contributed by atoms with van der Waals surface area (Å²) in [5.74, 6) is 1.76. The van der Waals surface area contributed by atoms with E-state index in [-0.39, 0.29) is 0 Å². The van der Waals surface area contributed by atoms with E-state index >= 15 is 0 Å². The lowest BCUT2D eigenvalue weighted by atomic mass is 9.79. The number of likely N-dealkylation sites (N-methyl/N-ethyl adjacent to an activating group) is 1. The summed E-state index contributed by atoms with van der Waals surface area (Å²) < 4.78 is 1.43. The van der Waals surface area contributed by atoms with Gasteiger partial charge >= 0.3 is 0 Å². The Kier molecular flexibility index (Phi) is 3.62. The Morgan fingerprint density at radius 3 is 2.91 bits per heavy atom. The summed E-state index contributed by atoms with van der Waals surface area (Å²) in [5.41, 5.74) is 6.32. The van der Waals surface area contributed by atoms with Crippen molar-refractivity contribution in [2.45, 2.75) is 32.6 Å². The van der Waals surface area contributed by atoms with Crippen molar-refractivity contribution in [3.63, 3.8) is 0 Å². The van der Waals surface area contributed by atoms with Crippen LogP contribution in [0.5, 0.6) is 0 Å². The Balaban J connectivity index is 1.84. The molecule has 1 nitrogen and oxygen atoms in total. The Morgan fingerprint density at radius 1 is 1.23 bits per heavy atom. The minimum absolute atomic E-state index is 0.810.